The van der Waals surface area contributed by atoms with Crippen LogP contribution >= 0.6 is 23.4 Å². The number of carbonyl (C=O) groups excluding carboxylic acids is 1. The minimum atomic E-state index is 0.0146. The number of carbonyl (C=O) groups is 1. The summed E-state index contributed by atoms with van der Waals surface area (Å²) in [5.74, 6) is 1.04. The fourth-order valence-corrected chi connectivity index (χ4v) is 2.86. The molecule has 5 nitrogen and oxygen atoms in total. The first-order valence-corrected chi connectivity index (χ1v) is 8.53. The van der Waals surface area contributed by atoms with Crippen molar-refractivity contribution < 1.29 is 4.79 Å². The number of thioether (sulfide) groups is 1. The number of hydrogen-bond acceptors (Lipinski definition) is 4. The Morgan fingerprint density at radius 3 is 2.86 bits per heavy atom. The van der Waals surface area contributed by atoms with Gasteiger partial charge in [-0.1, -0.05) is 48.8 Å². The van der Waals surface area contributed by atoms with Crippen molar-refractivity contribution in [1.82, 2.24) is 20.1 Å². The Bertz CT molecular complexity index is 644. The Hall–Kier alpha value is -1.53. The second kappa shape index (κ2) is 8.19. The summed E-state index contributed by atoms with van der Waals surface area (Å²) in [5.41, 5.74) is 0.832. The second-order valence-electron chi connectivity index (χ2n) is 4.84. The number of halogens is 1. The summed E-state index contributed by atoms with van der Waals surface area (Å²) in [6, 6.07) is 7.50. The molecular formula is C15H19ClN4OS. The molecule has 0 aliphatic heterocycles. The van der Waals surface area contributed by atoms with Crippen LogP contribution in [0.3, 0.4) is 0 Å². The first-order valence-electron chi connectivity index (χ1n) is 7.17. The van der Waals surface area contributed by atoms with Crippen LogP contribution < -0.4 is 5.32 Å². The lowest BCUT2D eigenvalue weighted by molar-refractivity contribution is -0.118. The molecule has 1 heterocycles. The zero-order chi connectivity index (χ0) is 15.9. The van der Waals surface area contributed by atoms with Gasteiger partial charge in [0.1, 0.15) is 0 Å². The van der Waals surface area contributed by atoms with E-state index in [4.69, 9.17) is 11.6 Å². The van der Waals surface area contributed by atoms with Crippen molar-refractivity contribution in [2.75, 3.05) is 12.3 Å². The molecule has 0 bridgehead atoms. The fraction of sp³-hybridized carbons (Fsp3) is 0.400. The monoisotopic (exact) mass is 338 g/mol. The highest BCUT2D eigenvalue weighted by atomic mass is 35.5. The standard InChI is InChI=1S/C15H19ClN4OS/c1-3-4-9-17-13(21)10-22-15-19-18-14(20(15)2)11-7-5-6-8-12(11)16/h5-8H,3-4,9-10H2,1-2H3,(H,17,21). The summed E-state index contributed by atoms with van der Waals surface area (Å²) in [7, 11) is 1.87. The maximum Gasteiger partial charge on any atom is 0.230 e. The molecular weight excluding hydrogens is 320 g/mol. The van der Waals surface area contributed by atoms with Gasteiger partial charge in [0.25, 0.3) is 0 Å². The minimum absolute atomic E-state index is 0.0146. The van der Waals surface area contributed by atoms with Crippen molar-refractivity contribution in [3.63, 3.8) is 0 Å². The number of nitrogens with zero attached hydrogens (tertiary/aromatic N) is 3. The van der Waals surface area contributed by atoms with Gasteiger partial charge in [-0.3, -0.25) is 4.79 Å². The molecule has 22 heavy (non-hydrogen) atoms. The van der Waals surface area contributed by atoms with E-state index in [1.54, 1.807) is 0 Å². The number of benzene rings is 1. The van der Waals surface area contributed by atoms with Gasteiger partial charge in [-0.15, -0.1) is 10.2 Å². The predicted octanol–water partition coefficient (Wildman–Crippen LogP) is 3.14. The van der Waals surface area contributed by atoms with Gasteiger partial charge in [0.05, 0.1) is 10.8 Å². The van der Waals surface area contributed by atoms with Crippen molar-refractivity contribution in [1.29, 1.82) is 0 Å². The molecule has 118 valence electrons. The van der Waals surface area contributed by atoms with Crippen molar-refractivity contribution in [3.8, 4) is 11.4 Å². The van der Waals surface area contributed by atoms with Crippen LogP contribution in [0, 0.1) is 0 Å². The Kier molecular flexibility index (Phi) is 6.27. The molecule has 0 atom stereocenters. The van der Waals surface area contributed by atoms with E-state index in [1.165, 1.54) is 11.8 Å². The van der Waals surface area contributed by atoms with Crippen LogP contribution in [0.5, 0.6) is 0 Å². The first-order chi connectivity index (χ1) is 10.6. The SMILES string of the molecule is CCCCNC(=O)CSc1nnc(-c2ccccc2Cl)n1C. The summed E-state index contributed by atoms with van der Waals surface area (Å²) < 4.78 is 1.85. The molecule has 0 unspecified atom stereocenters. The van der Waals surface area contributed by atoms with Gasteiger partial charge in [-0.2, -0.15) is 0 Å². The third kappa shape index (κ3) is 4.24. The highest BCUT2D eigenvalue weighted by Crippen LogP contribution is 2.28. The zero-order valence-corrected chi connectivity index (χ0v) is 14.2. The Balaban J connectivity index is 2.00. The van der Waals surface area contributed by atoms with E-state index in [0.717, 1.165) is 24.9 Å². The van der Waals surface area contributed by atoms with Crippen molar-refractivity contribution >= 4 is 29.3 Å². The quantitative estimate of drug-likeness (QED) is 0.622. The lowest BCUT2D eigenvalue weighted by Gasteiger charge is -2.06. The fourth-order valence-electron chi connectivity index (χ4n) is 1.90. The highest BCUT2D eigenvalue weighted by molar-refractivity contribution is 7.99. The number of nitrogens with one attached hydrogen (secondary N) is 1. The molecule has 1 aromatic carbocycles. The topological polar surface area (TPSA) is 59.8 Å². The van der Waals surface area contributed by atoms with Gasteiger partial charge in [0.15, 0.2) is 11.0 Å². The van der Waals surface area contributed by atoms with Crippen molar-refractivity contribution in [3.05, 3.63) is 29.3 Å². The van der Waals surface area contributed by atoms with E-state index in [9.17, 15) is 4.79 Å². The highest BCUT2D eigenvalue weighted by Gasteiger charge is 2.14. The van der Waals surface area contributed by atoms with E-state index < -0.39 is 0 Å². The first kappa shape index (κ1) is 16.8. The van der Waals surface area contributed by atoms with Crippen LogP contribution in [0.25, 0.3) is 11.4 Å². The molecule has 0 fully saturated rings. The van der Waals surface area contributed by atoms with Crippen molar-refractivity contribution in [2.45, 2.75) is 24.9 Å². The molecule has 7 heteroatoms. The third-order valence-corrected chi connectivity index (χ3v) is 4.48. The molecule has 0 aliphatic rings. The maximum absolute atomic E-state index is 11.7. The largest absolute Gasteiger partial charge is 0.355 e. The molecule has 2 rings (SSSR count). The van der Waals surface area contributed by atoms with Crippen LogP contribution in [0.1, 0.15) is 19.8 Å². The number of amides is 1. The van der Waals surface area contributed by atoms with Gasteiger partial charge < -0.3 is 9.88 Å². The number of aromatic nitrogens is 3. The number of hydrogen-bond donors (Lipinski definition) is 1. The lowest BCUT2D eigenvalue weighted by atomic mass is 10.2. The molecule has 2 aromatic rings. The van der Waals surface area contributed by atoms with Gasteiger partial charge in [-0.05, 0) is 18.6 Å². The minimum Gasteiger partial charge on any atom is -0.355 e. The predicted molar refractivity (Wildman–Crippen MR) is 90.1 cm³/mol. The molecule has 1 N–H and O–H groups in total. The van der Waals surface area contributed by atoms with Crippen LogP contribution in [0.4, 0.5) is 0 Å². The molecule has 1 aromatic heterocycles. The Morgan fingerprint density at radius 2 is 2.14 bits per heavy atom. The summed E-state index contributed by atoms with van der Waals surface area (Å²) >= 11 is 7.56. The zero-order valence-electron chi connectivity index (χ0n) is 12.7. The second-order valence-corrected chi connectivity index (χ2v) is 6.19. The van der Waals surface area contributed by atoms with Gasteiger partial charge >= 0.3 is 0 Å². The van der Waals surface area contributed by atoms with E-state index >= 15 is 0 Å². The van der Waals surface area contributed by atoms with Gasteiger partial charge in [0, 0.05) is 19.2 Å². The molecule has 1 amide bonds. The molecule has 0 saturated heterocycles. The molecule has 0 aliphatic carbocycles. The Morgan fingerprint density at radius 1 is 1.36 bits per heavy atom. The average molecular weight is 339 g/mol. The molecule has 0 spiro atoms. The van der Waals surface area contributed by atoms with Crippen LogP contribution in [-0.4, -0.2) is 33.0 Å². The number of rotatable bonds is 7. The van der Waals surface area contributed by atoms with Crippen LogP contribution in [0.2, 0.25) is 5.02 Å². The Labute approximate surface area is 139 Å². The summed E-state index contributed by atoms with van der Waals surface area (Å²) in [6.45, 7) is 2.82. The van der Waals surface area contributed by atoms with Gasteiger partial charge in [0.2, 0.25) is 5.91 Å². The van der Waals surface area contributed by atoms with E-state index in [1.807, 2.05) is 35.9 Å². The number of unbranched alkanes of at least 4 members (excludes halogenated alkanes) is 1. The summed E-state index contributed by atoms with van der Waals surface area (Å²) in [6.07, 6.45) is 2.06. The average Bonchev–Trinajstić information content (AvgIpc) is 2.87. The van der Waals surface area contributed by atoms with E-state index in [-0.39, 0.29) is 5.91 Å². The van der Waals surface area contributed by atoms with E-state index in [0.29, 0.717) is 21.8 Å². The summed E-state index contributed by atoms with van der Waals surface area (Å²) in [4.78, 5) is 11.7. The third-order valence-electron chi connectivity index (χ3n) is 3.13. The molecule has 0 saturated carbocycles. The van der Waals surface area contributed by atoms with E-state index in [2.05, 4.69) is 22.4 Å². The normalized spacial score (nSPS) is 10.7. The smallest absolute Gasteiger partial charge is 0.230 e. The summed E-state index contributed by atoms with van der Waals surface area (Å²) in [5, 5.41) is 12.5. The lowest BCUT2D eigenvalue weighted by Crippen LogP contribution is -2.26. The van der Waals surface area contributed by atoms with Crippen molar-refractivity contribution in [2.24, 2.45) is 7.05 Å². The van der Waals surface area contributed by atoms with Crippen LogP contribution in [-0.2, 0) is 11.8 Å². The van der Waals surface area contributed by atoms with Gasteiger partial charge in [-0.25, -0.2) is 0 Å². The maximum atomic E-state index is 11.7. The molecule has 0 radical (unpaired) electrons. The van der Waals surface area contributed by atoms with Crippen LogP contribution in [0.15, 0.2) is 29.4 Å².